The van der Waals surface area contributed by atoms with Crippen LogP contribution in [0.4, 0.5) is 10.7 Å². The molecule has 4 aromatic rings. The molecule has 0 saturated carbocycles. The van der Waals surface area contributed by atoms with Gasteiger partial charge in [-0.3, -0.25) is 14.9 Å². The van der Waals surface area contributed by atoms with Crippen molar-refractivity contribution in [1.29, 1.82) is 0 Å². The summed E-state index contributed by atoms with van der Waals surface area (Å²) >= 11 is 13.6. The largest absolute Gasteiger partial charge is 0.493 e. The van der Waals surface area contributed by atoms with Gasteiger partial charge in [-0.05, 0) is 48.4 Å². The Morgan fingerprint density at radius 3 is 2.48 bits per heavy atom. The first kappa shape index (κ1) is 30.6. The molecule has 0 aliphatic rings. The minimum atomic E-state index is -0.655. The van der Waals surface area contributed by atoms with Gasteiger partial charge < -0.3 is 19.5 Å². The van der Waals surface area contributed by atoms with Crippen LogP contribution < -0.4 is 14.8 Å². The first-order chi connectivity index (χ1) is 20.2. The van der Waals surface area contributed by atoms with Crippen LogP contribution in [-0.4, -0.2) is 30.5 Å². The van der Waals surface area contributed by atoms with Crippen LogP contribution in [0.25, 0.3) is 17.2 Å². The molecule has 0 atom stereocenters. The molecule has 9 nitrogen and oxygen atoms in total. The van der Waals surface area contributed by atoms with E-state index < -0.39 is 16.8 Å². The third-order valence-electron chi connectivity index (χ3n) is 5.92. The number of hydrogen-bond donors (Lipinski definition) is 1. The number of carbonyl (C=O) groups is 2. The number of nitro groups is 1. The van der Waals surface area contributed by atoms with Crippen LogP contribution in [0.3, 0.4) is 0 Å². The Kier molecular flexibility index (Phi) is 10.2. The van der Waals surface area contributed by atoms with Gasteiger partial charge in [-0.1, -0.05) is 47.5 Å². The predicted molar refractivity (Wildman–Crippen MR) is 164 cm³/mol. The molecule has 216 valence electrons. The lowest BCUT2D eigenvalue weighted by Crippen LogP contribution is -2.12. The topological polar surface area (TPSA) is 117 Å². The second-order valence-corrected chi connectivity index (χ2v) is 10.3. The van der Waals surface area contributed by atoms with Gasteiger partial charge in [0.25, 0.3) is 5.69 Å². The minimum Gasteiger partial charge on any atom is -0.493 e. The lowest BCUT2D eigenvalue weighted by molar-refractivity contribution is -0.384. The monoisotopic (exact) mass is 626 g/mol. The number of thiophene rings is 1. The van der Waals surface area contributed by atoms with Crippen molar-refractivity contribution < 1.29 is 28.7 Å². The number of halogens is 2. The van der Waals surface area contributed by atoms with Crippen LogP contribution in [0.2, 0.25) is 10.0 Å². The number of methoxy groups -OCH3 is 1. The predicted octanol–water partition coefficient (Wildman–Crippen LogP) is 8.05. The highest BCUT2D eigenvalue weighted by molar-refractivity contribution is 7.15. The summed E-state index contributed by atoms with van der Waals surface area (Å²) in [4.78, 5) is 36.4. The lowest BCUT2D eigenvalue weighted by Gasteiger charge is -2.13. The fourth-order valence-electron chi connectivity index (χ4n) is 3.91. The number of rotatable bonds is 11. The van der Waals surface area contributed by atoms with Gasteiger partial charge in [0.2, 0.25) is 5.91 Å². The van der Waals surface area contributed by atoms with Crippen molar-refractivity contribution in [2.24, 2.45) is 0 Å². The van der Waals surface area contributed by atoms with Gasteiger partial charge in [0, 0.05) is 44.8 Å². The third-order valence-corrected chi connectivity index (χ3v) is 7.53. The number of non-ortho nitro benzene ring substituents is 1. The van der Waals surface area contributed by atoms with E-state index in [-0.39, 0.29) is 29.5 Å². The normalized spacial score (nSPS) is 10.9. The smallest absolute Gasteiger partial charge is 0.341 e. The Morgan fingerprint density at radius 2 is 1.79 bits per heavy atom. The molecular formula is C30H24Cl2N2O7S. The Bertz CT molecular complexity index is 1650. The van der Waals surface area contributed by atoms with Crippen molar-refractivity contribution >= 4 is 63.2 Å². The summed E-state index contributed by atoms with van der Waals surface area (Å²) in [5, 5.41) is 16.8. The molecule has 0 fully saturated rings. The van der Waals surface area contributed by atoms with Crippen molar-refractivity contribution in [3.05, 3.63) is 109 Å². The first-order valence-electron chi connectivity index (χ1n) is 12.5. The molecule has 12 heteroatoms. The van der Waals surface area contributed by atoms with Crippen molar-refractivity contribution in [3.63, 3.8) is 0 Å². The summed E-state index contributed by atoms with van der Waals surface area (Å²) < 4.78 is 16.5. The fraction of sp³-hybridized carbons (Fsp3) is 0.133. The highest BCUT2D eigenvalue weighted by atomic mass is 35.5. The zero-order valence-electron chi connectivity index (χ0n) is 22.4. The van der Waals surface area contributed by atoms with Crippen LogP contribution in [0.15, 0.2) is 72.1 Å². The molecule has 0 spiro atoms. The summed E-state index contributed by atoms with van der Waals surface area (Å²) in [6, 6.07) is 16.2. The zero-order chi connectivity index (χ0) is 30.2. The summed E-state index contributed by atoms with van der Waals surface area (Å²) in [6.45, 7) is 1.91. The van der Waals surface area contributed by atoms with Crippen LogP contribution in [0.1, 0.15) is 28.4 Å². The Labute approximate surface area is 255 Å². The van der Waals surface area contributed by atoms with Gasteiger partial charge in [0.1, 0.15) is 17.2 Å². The van der Waals surface area contributed by atoms with Gasteiger partial charge in [0.15, 0.2) is 11.5 Å². The molecule has 0 aliphatic carbocycles. The highest BCUT2D eigenvalue weighted by Crippen LogP contribution is 2.37. The van der Waals surface area contributed by atoms with E-state index in [0.717, 1.165) is 11.3 Å². The van der Waals surface area contributed by atoms with Gasteiger partial charge in [-0.2, -0.15) is 0 Å². The average Bonchev–Trinajstić information content (AvgIpc) is 3.39. The number of esters is 1. The Balaban J connectivity index is 1.51. The third kappa shape index (κ3) is 7.27. The molecule has 42 heavy (non-hydrogen) atoms. The molecule has 4 rings (SSSR count). The number of hydrogen-bond acceptors (Lipinski definition) is 8. The fourth-order valence-corrected chi connectivity index (χ4v) is 5.37. The second-order valence-electron chi connectivity index (χ2n) is 8.60. The number of benzene rings is 3. The Hall–Kier alpha value is -4.38. The van der Waals surface area contributed by atoms with Crippen molar-refractivity contribution in [2.75, 3.05) is 19.0 Å². The first-order valence-corrected chi connectivity index (χ1v) is 14.1. The number of carbonyl (C=O) groups excluding carboxylic acids is 2. The van der Waals surface area contributed by atoms with Gasteiger partial charge in [-0.15, -0.1) is 11.3 Å². The molecule has 1 aromatic heterocycles. The number of nitrogens with zero attached hydrogens (tertiary/aromatic N) is 1. The molecule has 0 radical (unpaired) electrons. The second kappa shape index (κ2) is 14.0. The maximum atomic E-state index is 12.8. The molecule has 0 saturated heterocycles. The number of nitrogens with one attached hydrogen (secondary N) is 1. The van der Waals surface area contributed by atoms with Crippen LogP contribution in [0.5, 0.6) is 11.5 Å². The van der Waals surface area contributed by atoms with Gasteiger partial charge in [0.05, 0.1) is 18.6 Å². The van der Waals surface area contributed by atoms with E-state index >= 15 is 0 Å². The van der Waals surface area contributed by atoms with Crippen molar-refractivity contribution in [3.8, 4) is 22.6 Å². The SMILES string of the molecule is CCOC(=O)c1c(-c2cccc([N+](=O)[O-])c2)csc1NC(=O)/C=C/c1ccc(OCc2c(Cl)cccc2Cl)c(OC)c1. The molecule has 1 amide bonds. The van der Waals surface area contributed by atoms with Gasteiger partial charge in [-0.25, -0.2) is 4.79 Å². The molecular weight excluding hydrogens is 603 g/mol. The standard InChI is InChI=1S/C30H24Cl2N2O7S/c1-3-40-30(36)28-22(19-6-4-7-20(15-19)34(37)38)17-42-29(28)33-27(35)13-11-18-10-12-25(26(14-18)39-2)41-16-21-23(31)8-5-9-24(21)32/h4-15,17H,3,16H2,1-2H3,(H,33,35)/b13-11+. The van der Waals surface area contributed by atoms with E-state index in [2.05, 4.69) is 5.32 Å². The average molecular weight is 628 g/mol. The molecule has 0 aliphatic heterocycles. The zero-order valence-corrected chi connectivity index (χ0v) is 24.7. The molecule has 1 N–H and O–H groups in total. The van der Waals surface area contributed by atoms with Crippen LogP contribution >= 0.6 is 34.5 Å². The van der Waals surface area contributed by atoms with Crippen molar-refractivity contribution in [1.82, 2.24) is 0 Å². The van der Waals surface area contributed by atoms with E-state index in [1.165, 1.54) is 31.4 Å². The van der Waals surface area contributed by atoms with E-state index in [0.29, 0.717) is 43.8 Å². The number of amides is 1. The maximum absolute atomic E-state index is 12.8. The quantitative estimate of drug-likeness (QED) is 0.0774. The highest BCUT2D eigenvalue weighted by Gasteiger charge is 2.23. The number of nitro benzene ring substituents is 1. The maximum Gasteiger partial charge on any atom is 0.341 e. The Morgan fingerprint density at radius 1 is 1.05 bits per heavy atom. The molecule has 3 aromatic carbocycles. The summed E-state index contributed by atoms with van der Waals surface area (Å²) in [5.41, 5.74) is 2.16. The summed E-state index contributed by atoms with van der Waals surface area (Å²) in [7, 11) is 1.50. The van der Waals surface area contributed by atoms with E-state index in [1.807, 2.05) is 0 Å². The minimum absolute atomic E-state index is 0.114. The van der Waals surface area contributed by atoms with Crippen molar-refractivity contribution in [2.45, 2.75) is 13.5 Å². The van der Waals surface area contributed by atoms with E-state index in [1.54, 1.807) is 60.8 Å². The molecule has 0 unspecified atom stereocenters. The van der Waals surface area contributed by atoms with Gasteiger partial charge >= 0.3 is 5.97 Å². The number of ether oxygens (including phenoxy) is 3. The molecule has 1 heterocycles. The summed E-state index contributed by atoms with van der Waals surface area (Å²) in [5.74, 6) is -0.259. The molecule has 0 bridgehead atoms. The van der Waals surface area contributed by atoms with Crippen LogP contribution in [0, 0.1) is 10.1 Å². The lowest BCUT2D eigenvalue weighted by atomic mass is 10.0. The van der Waals surface area contributed by atoms with E-state index in [4.69, 9.17) is 37.4 Å². The van der Waals surface area contributed by atoms with E-state index in [9.17, 15) is 19.7 Å². The number of anilines is 1. The van der Waals surface area contributed by atoms with Crippen LogP contribution in [-0.2, 0) is 16.1 Å². The summed E-state index contributed by atoms with van der Waals surface area (Å²) in [6.07, 6.45) is 2.88.